The van der Waals surface area contributed by atoms with Gasteiger partial charge in [-0.15, -0.1) is 0 Å². The first-order chi connectivity index (χ1) is 13.1. The lowest BCUT2D eigenvalue weighted by Crippen LogP contribution is -2.52. The van der Waals surface area contributed by atoms with Crippen LogP contribution in [0.4, 0.5) is 0 Å². The maximum Gasteiger partial charge on any atom is 0.147 e. The molecule has 27 heavy (non-hydrogen) atoms. The highest BCUT2D eigenvalue weighted by Crippen LogP contribution is 2.44. The summed E-state index contributed by atoms with van der Waals surface area (Å²) in [6, 6.07) is 5.19. The lowest BCUT2D eigenvalue weighted by molar-refractivity contribution is 0.120. The van der Waals surface area contributed by atoms with Gasteiger partial charge in [-0.3, -0.25) is 4.90 Å². The van der Waals surface area contributed by atoms with Crippen LogP contribution in [0, 0.1) is 11.8 Å². The molecule has 140 valence electrons. The summed E-state index contributed by atoms with van der Waals surface area (Å²) in [4.78, 5) is 7.04. The number of pyridine rings is 1. The SMILES string of the molecule is CC#Cc1nc(-c2c(O)cccc2Cl)c(Cl)c2c1CN1CCNC[C@@H]1CO2. The van der Waals surface area contributed by atoms with Crippen molar-refractivity contribution in [3.63, 3.8) is 0 Å². The van der Waals surface area contributed by atoms with Gasteiger partial charge in [0.2, 0.25) is 0 Å². The van der Waals surface area contributed by atoms with E-state index in [0.29, 0.717) is 45.9 Å². The number of aromatic nitrogens is 1. The Balaban J connectivity index is 1.91. The standard InChI is InChI=1S/C20H19Cl2N3O2/c1-2-4-15-13-10-25-8-7-23-9-12(25)11-27-20(13)18(22)19(24-15)17-14(21)5-3-6-16(17)26/h3,5-6,12,23,26H,7-11H2,1H3/t12-/m1/s1. The van der Waals surface area contributed by atoms with Crippen molar-refractivity contribution in [2.75, 3.05) is 26.2 Å². The van der Waals surface area contributed by atoms with Crippen LogP contribution in [0.25, 0.3) is 11.3 Å². The Labute approximate surface area is 168 Å². The van der Waals surface area contributed by atoms with Gasteiger partial charge >= 0.3 is 0 Å². The first-order valence-electron chi connectivity index (χ1n) is 8.80. The molecule has 1 aromatic heterocycles. The molecule has 7 heteroatoms. The third-order valence-electron chi connectivity index (χ3n) is 4.92. The fourth-order valence-electron chi connectivity index (χ4n) is 3.57. The van der Waals surface area contributed by atoms with Crippen molar-refractivity contribution in [2.45, 2.75) is 19.5 Å². The molecule has 4 rings (SSSR count). The van der Waals surface area contributed by atoms with Gasteiger partial charge in [0.05, 0.1) is 22.3 Å². The van der Waals surface area contributed by atoms with E-state index < -0.39 is 0 Å². The summed E-state index contributed by atoms with van der Waals surface area (Å²) >= 11 is 13.0. The second-order valence-corrected chi connectivity index (χ2v) is 7.36. The van der Waals surface area contributed by atoms with E-state index in [9.17, 15) is 5.11 Å². The van der Waals surface area contributed by atoms with E-state index in [1.165, 1.54) is 0 Å². The molecule has 1 saturated heterocycles. The van der Waals surface area contributed by atoms with Gasteiger partial charge in [-0.05, 0) is 25.0 Å². The number of halogens is 2. The van der Waals surface area contributed by atoms with Crippen LogP contribution >= 0.6 is 23.2 Å². The fourth-order valence-corrected chi connectivity index (χ4v) is 4.13. The minimum absolute atomic E-state index is 0.0162. The Kier molecular flexibility index (Phi) is 5.16. The molecule has 2 aliphatic rings. The second kappa shape index (κ2) is 7.57. The van der Waals surface area contributed by atoms with Crippen molar-refractivity contribution in [1.82, 2.24) is 15.2 Å². The number of hydrogen-bond acceptors (Lipinski definition) is 5. The largest absolute Gasteiger partial charge is 0.507 e. The zero-order valence-electron chi connectivity index (χ0n) is 14.9. The van der Waals surface area contributed by atoms with Crippen molar-refractivity contribution in [3.05, 3.63) is 39.5 Å². The van der Waals surface area contributed by atoms with Crippen molar-refractivity contribution >= 4 is 23.2 Å². The van der Waals surface area contributed by atoms with Gasteiger partial charge in [-0.1, -0.05) is 35.2 Å². The summed E-state index contributed by atoms with van der Waals surface area (Å²) < 4.78 is 6.13. The predicted octanol–water partition coefficient (Wildman–Crippen LogP) is 3.30. The number of hydrogen-bond donors (Lipinski definition) is 2. The Bertz CT molecular complexity index is 932. The molecule has 0 saturated carbocycles. The van der Waals surface area contributed by atoms with Crippen LogP contribution in [-0.4, -0.2) is 47.3 Å². The van der Waals surface area contributed by atoms with E-state index in [4.69, 9.17) is 27.9 Å². The van der Waals surface area contributed by atoms with Gasteiger partial charge in [0.1, 0.15) is 28.8 Å². The maximum atomic E-state index is 10.3. The minimum atomic E-state index is 0.0162. The van der Waals surface area contributed by atoms with Crippen LogP contribution in [0.15, 0.2) is 18.2 Å². The molecule has 1 atom stereocenters. The van der Waals surface area contributed by atoms with Crippen molar-refractivity contribution in [1.29, 1.82) is 0 Å². The van der Waals surface area contributed by atoms with Crippen LogP contribution in [0.2, 0.25) is 10.0 Å². The Hall–Kier alpha value is -1.97. The van der Waals surface area contributed by atoms with Crippen molar-refractivity contribution < 1.29 is 9.84 Å². The number of phenolic OH excluding ortho intramolecular Hbond substituents is 1. The molecule has 5 nitrogen and oxygen atoms in total. The van der Waals surface area contributed by atoms with Crippen molar-refractivity contribution in [3.8, 4) is 34.6 Å². The summed E-state index contributed by atoms with van der Waals surface area (Å²) in [6.07, 6.45) is 0. The summed E-state index contributed by atoms with van der Waals surface area (Å²) in [6.45, 7) is 5.70. The van der Waals surface area contributed by atoms with Crippen LogP contribution in [0.1, 0.15) is 18.2 Å². The first kappa shape index (κ1) is 18.4. The molecule has 0 bridgehead atoms. The number of nitrogens with zero attached hydrogens (tertiary/aromatic N) is 2. The maximum absolute atomic E-state index is 10.3. The molecule has 0 spiro atoms. The number of nitrogens with one attached hydrogen (secondary N) is 1. The molecular weight excluding hydrogens is 385 g/mol. The van der Waals surface area contributed by atoms with Gasteiger partial charge in [0, 0.05) is 31.7 Å². The highest BCUT2D eigenvalue weighted by atomic mass is 35.5. The Morgan fingerprint density at radius 3 is 3.00 bits per heavy atom. The molecule has 0 radical (unpaired) electrons. The van der Waals surface area contributed by atoms with Gasteiger partial charge in [0.25, 0.3) is 0 Å². The number of aromatic hydroxyl groups is 1. The zero-order valence-corrected chi connectivity index (χ0v) is 16.4. The van der Waals surface area contributed by atoms with Gasteiger partial charge in [-0.2, -0.15) is 0 Å². The monoisotopic (exact) mass is 403 g/mol. The van der Waals surface area contributed by atoms with E-state index in [0.717, 1.165) is 25.2 Å². The van der Waals surface area contributed by atoms with E-state index in [2.05, 4.69) is 27.0 Å². The number of ether oxygens (including phenoxy) is 1. The van der Waals surface area contributed by atoms with Crippen LogP contribution in [-0.2, 0) is 6.54 Å². The van der Waals surface area contributed by atoms with Crippen LogP contribution in [0.3, 0.4) is 0 Å². The molecule has 2 N–H and O–H groups in total. The number of benzene rings is 1. The lowest BCUT2D eigenvalue weighted by atomic mass is 10.0. The molecular formula is C20H19Cl2N3O2. The number of phenols is 1. The number of piperazine rings is 1. The molecule has 2 aromatic rings. The van der Waals surface area contributed by atoms with Gasteiger partial charge in [-0.25, -0.2) is 4.98 Å². The summed E-state index contributed by atoms with van der Waals surface area (Å²) in [5.74, 6) is 6.58. The molecule has 1 aromatic carbocycles. The molecule has 0 aliphatic carbocycles. The first-order valence-corrected chi connectivity index (χ1v) is 9.56. The zero-order chi connectivity index (χ0) is 19.0. The summed E-state index contributed by atoms with van der Waals surface area (Å²) in [5.41, 5.74) is 2.26. The average Bonchev–Trinajstić information content (AvgIpc) is 2.85. The molecule has 0 amide bonds. The summed E-state index contributed by atoms with van der Waals surface area (Å²) in [5, 5.41) is 14.5. The van der Waals surface area contributed by atoms with E-state index in [1.54, 1.807) is 25.1 Å². The third-order valence-corrected chi connectivity index (χ3v) is 5.58. The fraction of sp³-hybridized carbons (Fsp3) is 0.350. The highest BCUT2D eigenvalue weighted by molar-refractivity contribution is 6.37. The summed E-state index contributed by atoms with van der Waals surface area (Å²) in [7, 11) is 0. The highest BCUT2D eigenvalue weighted by Gasteiger charge is 2.31. The smallest absolute Gasteiger partial charge is 0.147 e. The molecule has 1 fully saturated rings. The average molecular weight is 404 g/mol. The van der Waals surface area contributed by atoms with Gasteiger partial charge < -0.3 is 15.2 Å². The normalized spacial score (nSPS) is 19.1. The number of fused-ring (bicyclic) bond motifs is 2. The Morgan fingerprint density at radius 2 is 2.22 bits per heavy atom. The van der Waals surface area contributed by atoms with E-state index in [-0.39, 0.29) is 11.8 Å². The van der Waals surface area contributed by atoms with Crippen LogP contribution < -0.4 is 10.1 Å². The second-order valence-electron chi connectivity index (χ2n) is 6.58. The van der Waals surface area contributed by atoms with Crippen molar-refractivity contribution in [2.24, 2.45) is 0 Å². The lowest BCUT2D eigenvalue weighted by Gasteiger charge is -2.33. The Morgan fingerprint density at radius 1 is 1.37 bits per heavy atom. The van der Waals surface area contributed by atoms with E-state index >= 15 is 0 Å². The quantitative estimate of drug-likeness (QED) is 0.715. The molecule has 2 aliphatic heterocycles. The van der Waals surface area contributed by atoms with E-state index in [1.807, 2.05) is 0 Å². The predicted molar refractivity (Wildman–Crippen MR) is 106 cm³/mol. The molecule has 3 heterocycles. The topological polar surface area (TPSA) is 57.6 Å². The van der Waals surface area contributed by atoms with Crippen LogP contribution in [0.5, 0.6) is 11.5 Å². The third kappa shape index (κ3) is 3.35. The minimum Gasteiger partial charge on any atom is -0.507 e. The molecule has 0 unspecified atom stereocenters. The number of rotatable bonds is 1. The van der Waals surface area contributed by atoms with Gasteiger partial charge in [0.15, 0.2) is 0 Å².